The molecule has 4 nitrogen and oxygen atoms in total. The zero-order valence-electron chi connectivity index (χ0n) is 8.68. The Kier molecular flexibility index (Phi) is 2.36. The molecule has 0 aromatic carbocycles. The van der Waals surface area contributed by atoms with Crippen molar-refractivity contribution in [3.8, 4) is 0 Å². The van der Waals surface area contributed by atoms with E-state index >= 15 is 0 Å². The van der Waals surface area contributed by atoms with Crippen LogP contribution in [-0.2, 0) is 10.0 Å². The largest absolute Gasteiger partial charge is 0.327 e. The zero-order valence-corrected chi connectivity index (χ0v) is 9.50. The number of nitrogens with two attached hydrogens (primary N) is 1. The van der Waals surface area contributed by atoms with Gasteiger partial charge >= 0.3 is 0 Å². The van der Waals surface area contributed by atoms with Gasteiger partial charge in [0, 0.05) is 19.1 Å². The lowest BCUT2D eigenvalue weighted by atomic mass is 9.67. The molecule has 0 aromatic rings. The standard InChI is InChI=1S/C9H18N2O2S/c1-6(2)14(12,13)11-4-7-3-8(5-11)9(7)10/h6-9H,3-5,10H2,1-2H3. The Bertz CT molecular complexity index is 314. The molecule has 14 heavy (non-hydrogen) atoms. The fourth-order valence-corrected chi connectivity index (χ4v) is 3.78. The smallest absolute Gasteiger partial charge is 0.216 e. The molecule has 2 aliphatic heterocycles. The lowest BCUT2D eigenvalue weighted by Crippen LogP contribution is -2.63. The molecule has 1 aliphatic carbocycles. The molecular formula is C9H18N2O2S. The van der Waals surface area contributed by atoms with Crippen LogP contribution in [0.2, 0.25) is 0 Å². The summed E-state index contributed by atoms with van der Waals surface area (Å²) in [5.74, 6) is 0.810. The van der Waals surface area contributed by atoms with Gasteiger partial charge in [0.25, 0.3) is 0 Å². The molecule has 0 aromatic heterocycles. The minimum Gasteiger partial charge on any atom is -0.327 e. The summed E-state index contributed by atoms with van der Waals surface area (Å²) in [5.41, 5.74) is 5.89. The molecule has 2 bridgehead atoms. The highest BCUT2D eigenvalue weighted by Crippen LogP contribution is 2.39. The molecule has 0 radical (unpaired) electrons. The second kappa shape index (κ2) is 3.18. The normalized spacial score (nSPS) is 38.4. The second-order valence-corrected chi connectivity index (χ2v) is 7.23. The number of fused-ring (bicyclic) bond motifs is 2. The van der Waals surface area contributed by atoms with Crippen molar-refractivity contribution < 1.29 is 8.42 Å². The Morgan fingerprint density at radius 2 is 1.79 bits per heavy atom. The molecule has 0 spiro atoms. The van der Waals surface area contributed by atoms with Gasteiger partial charge in [0.1, 0.15) is 0 Å². The van der Waals surface area contributed by atoms with Gasteiger partial charge in [-0.15, -0.1) is 0 Å². The highest BCUT2D eigenvalue weighted by molar-refractivity contribution is 7.89. The summed E-state index contributed by atoms with van der Waals surface area (Å²) < 4.78 is 25.3. The molecule has 82 valence electrons. The first kappa shape index (κ1) is 10.4. The van der Waals surface area contributed by atoms with Crippen LogP contribution < -0.4 is 5.73 Å². The first-order chi connectivity index (χ1) is 6.43. The van der Waals surface area contributed by atoms with Crippen LogP contribution in [-0.4, -0.2) is 37.1 Å². The van der Waals surface area contributed by atoms with Crippen molar-refractivity contribution in [2.45, 2.75) is 31.6 Å². The Morgan fingerprint density at radius 1 is 1.29 bits per heavy atom. The number of piperidine rings is 2. The third-order valence-corrected chi connectivity index (χ3v) is 5.74. The summed E-state index contributed by atoms with van der Waals surface area (Å²) in [6.07, 6.45) is 1.12. The minimum absolute atomic E-state index is 0.244. The van der Waals surface area contributed by atoms with Gasteiger partial charge in [0.15, 0.2) is 0 Å². The average molecular weight is 218 g/mol. The van der Waals surface area contributed by atoms with Crippen LogP contribution in [0.3, 0.4) is 0 Å². The van der Waals surface area contributed by atoms with Gasteiger partial charge in [-0.05, 0) is 32.1 Å². The van der Waals surface area contributed by atoms with Crippen LogP contribution in [0, 0.1) is 11.8 Å². The number of hydrogen-bond acceptors (Lipinski definition) is 3. The van der Waals surface area contributed by atoms with E-state index in [0.29, 0.717) is 24.9 Å². The van der Waals surface area contributed by atoms with E-state index in [1.54, 1.807) is 18.2 Å². The van der Waals surface area contributed by atoms with E-state index in [1.165, 1.54) is 0 Å². The van der Waals surface area contributed by atoms with Gasteiger partial charge in [-0.1, -0.05) is 0 Å². The maximum Gasteiger partial charge on any atom is 0.216 e. The van der Waals surface area contributed by atoms with Crippen LogP contribution in [0.5, 0.6) is 0 Å². The number of sulfonamides is 1. The highest BCUT2D eigenvalue weighted by atomic mass is 32.2. The summed E-state index contributed by atoms with van der Waals surface area (Å²) >= 11 is 0. The first-order valence-corrected chi connectivity index (χ1v) is 6.67. The van der Waals surface area contributed by atoms with Gasteiger partial charge in [-0.25, -0.2) is 12.7 Å². The van der Waals surface area contributed by atoms with Crippen molar-refractivity contribution in [2.75, 3.05) is 13.1 Å². The Morgan fingerprint density at radius 3 is 2.14 bits per heavy atom. The fraction of sp³-hybridized carbons (Fsp3) is 1.00. The first-order valence-electron chi connectivity index (χ1n) is 5.17. The predicted octanol–water partition coefficient (Wildman–Crippen LogP) is 0.00360. The summed E-state index contributed by atoms with van der Waals surface area (Å²) in [7, 11) is -3.05. The maximum absolute atomic E-state index is 11.8. The topological polar surface area (TPSA) is 63.4 Å². The van der Waals surface area contributed by atoms with Crippen molar-refractivity contribution >= 4 is 10.0 Å². The molecule has 3 aliphatic rings. The van der Waals surface area contributed by atoms with Crippen molar-refractivity contribution in [3.63, 3.8) is 0 Å². The average Bonchev–Trinajstić information content (AvgIpc) is 2.17. The third kappa shape index (κ3) is 1.38. The third-order valence-electron chi connectivity index (χ3n) is 3.53. The Labute approximate surface area is 85.5 Å². The Hall–Kier alpha value is -0.130. The lowest BCUT2D eigenvalue weighted by Gasteiger charge is -2.51. The number of rotatable bonds is 2. The summed E-state index contributed by atoms with van der Waals surface area (Å²) in [5, 5.41) is -0.309. The monoisotopic (exact) mass is 218 g/mol. The van der Waals surface area contributed by atoms with E-state index in [1.807, 2.05) is 0 Å². The molecule has 2 unspecified atom stereocenters. The second-order valence-electron chi connectivity index (χ2n) is 4.74. The van der Waals surface area contributed by atoms with Crippen LogP contribution in [0.1, 0.15) is 20.3 Å². The van der Waals surface area contributed by atoms with Crippen LogP contribution in [0.25, 0.3) is 0 Å². The highest BCUT2D eigenvalue weighted by Gasteiger charge is 2.47. The number of hydrogen-bond donors (Lipinski definition) is 1. The summed E-state index contributed by atoms with van der Waals surface area (Å²) in [6.45, 7) is 4.74. The van der Waals surface area contributed by atoms with E-state index in [9.17, 15) is 8.42 Å². The molecule has 3 rings (SSSR count). The fourth-order valence-electron chi connectivity index (χ4n) is 2.39. The molecule has 1 saturated carbocycles. The van der Waals surface area contributed by atoms with E-state index in [-0.39, 0.29) is 11.3 Å². The van der Waals surface area contributed by atoms with Gasteiger partial charge in [-0.2, -0.15) is 0 Å². The Balaban J connectivity index is 2.10. The van der Waals surface area contributed by atoms with E-state index < -0.39 is 10.0 Å². The quantitative estimate of drug-likeness (QED) is 0.710. The molecular weight excluding hydrogens is 200 g/mol. The van der Waals surface area contributed by atoms with Gasteiger partial charge in [-0.3, -0.25) is 0 Å². The zero-order chi connectivity index (χ0) is 10.5. The number of nitrogens with zero attached hydrogens (tertiary/aromatic N) is 1. The van der Waals surface area contributed by atoms with Crippen LogP contribution in [0.15, 0.2) is 0 Å². The molecule has 2 heterocycles. The van der Waals surface area contributed by atoms with Crippen molar-refractivity contribution in [1.29, 1.82) is 0 Å². The summed E-state index contributed by atoms with van der Waals surface area (Å²) in [4.78, 5) is 0. The van der Waals surface area contributed by atoms with Gasteiger partial charge in [0.2, 0.25) is 10.0 Å². The van der Waals surface area contributed by atoms with Gasteiger partial charge < -0.3 is 5.73 Å². The van der Waals surface area contributed by atoms with Gasteiger partial charge in [0.05, 0.1) is 5.25 Å². The molecule has 5 heteroatoms. The van der Waals surface area contributed by atoms with E-state index in [4.69, 9.17) is 5.73 Å². The van der Waals surface area contributed by atoms with Crippen molar-refractivity contribution in [1.82, 2.24) is 4.31 Å². The van der Waals surface area contributed by atoms with E-state index in [0.717, 1.165) is 6.42 Å². The molecule has 2 atom stereocenters. The van der Waals surface area contributed by atoms with E-state index in [2.05, 4.69) is 0 Å². The SMILES string of the molecule is CC(C)S(=O)(=O)N1CC2CC(C1)C2N. The van der Waals surface area contributed by atoms with Crippen LogP contribution in [0.4, 0.5) is 0 Å². The molecule has 2 N–H and O–H groups in total. The van der Waals surface area contributed by atoms with Crippen molar-refractivity contribution in [2.24, 2.45) is 17.6 Å². The molecule has 2 saturated heterocycles. The summed E-state index contributed by atoms with van der Waals surface area (Å²) in [6, 6.07) is 0.244. The maximum atomic E-state index is 11.8. The minimum atomic E-state index is -3.05. The lowest BCUT2D eigenvalue weighted by molar-refractivity contribution is 0.0453. The van der Waals surface area contributed by atoms with Crippen molar-refractivity contribution in [3.05, 3.63) is 0 Å². The van der Waals surface area contributed by atoms with Crippen LogP contribution >= 0.6 is 0 Å². The molecule has 3 fully saturated rings. The predicted molar refractivity (Wildman–Crippen MR) is 55.2 cm³/mol. The molecule has 0 amide bonds.